The molecule has 0 spiro atoms. The number of aromatic nitrogens is 2. The summed E-state index contributed by atoms with van der Waals surface area (Å²) in [6.45, 7) is 6.37. The van der Waals surface area contributed by atoms with E-state index in [-0.39, 0.29) is 0 Å². The minimum absolute atomic E-state index is 0.300. The number of fused-ring (bicyclic) bond motifs is 1. The van der Waals surface area contributed by atoms with Crippen LogP contribution in [-0.4, -0.2) is 24.6 Å². The molecule has 5 aromatic rings. The van der Waals surface area contributed by atoms with Crippen LogP contribution in [0.4, 0.5) is 0 Å². The Hall–Kier alpha value is -4.09. The number of hydrogen-bond donors (Lipinski definition) is 0. The number of nitrogens with zero attached hydrogens (tertiary/aromatic N) is 2. The highest BCUT2D eigenvalue weighted by Gasteiger charge is 2.13. The second kappa shape index (κ2) is 10.3. The van der Waals surface area contributed by atoms with Crippen LogP contribution in [0.3, 0.4) is 0 Å². The van der Waals surface area contributed by atoms with Gasteiger partial charge in [-0.2, -0.15) is 0 Å². The monoisotopic (exact) mass is 518 g/mol. The summed E-state index contributed by atoms with van der Waals surface area (Å²) in [5.41, 5.74) is 9.28. The first-order chi connectivity index (χ1) is 18.2. The number of benzene rings is 3. The molecule has 2 aromatic heterocycles. The number of sulfone groups is 1. The van der Waals surface area contributed by atoms with Crippen molar-refractivity contribution >= 4 is 32.4 Å². The molecule has 0 radical (unpaired) electrons. The number of hydrogen-bond acceptors (Lipinski definition) is 4. The van der Waals surface area contributed by atoms with Crippen LogP contribution in [0.25, 0.3) is 33.7 Å². The van der Waals surface area contributed by atoms with Crippen molar-refractivity contribution in [2.75, 3.05) is 6.26 Å². The second-order valence-electron chi connectivity index (χ2n) is 9.97. The summed E-state index contributed by atoms with van der Waals surface area (Å²) >= 11 is 0. The molecule has 0 aliphatic rings. The molecule has 5 rings (SSSR count). The van der Waals surface area contributed by atoms with Crippen molar-refractivity contribution in [1.29, 1.82) is 0 Å². The Balaban J connectivity index is 1.66. The van der Waals surface area contributed by atoms with Gasteiger partial charge in [-0.05, 0) is 89.2 Å². The van der Waals surface area contributed by atoms with Crippen LogP contribution >= 0.6 is 0 Å². The summed E-state index contributed by atoms with van der Waals surface area (Å²) in [5, 5.41) is 1.13. The van der Waals surface area contributed by atoms with Crippen LogP contribution in [0.2, 0.25) is 0 Å². The van der Waals surface area contributed by atoms with E-state index in [2.05, 4.69) is 67.4 Å². The predicted molar refractivity (Wildman–Crippen MR) is 157 cm³/mol. The second-order valence-corrected chi connectivity index (χ2v) is 12.0. The summed E-state index contributed by atoms with van der Waals surface area (Å²) in [6.07, 6.45) is 7.06. The molecule has 4 nitrogen and oxygen atoms in total. The van der Waals surface area contributed by atoms with E-state index in [1.165, 1.54) is 11.8 Å². The van der Waals surface area contributed by atoms with Crippen LogP contribution < -0.4 is 0 Å². The van der Waals surface area contributed by atoms with Gasteiger partial charge in [0.15, 0.2) is 9.84 Å². The van der Waals surface area contributed by atoms with Gasteiger partial charge in [0, 0.05) is 40.9 Å². The van der Waals surface area contributed by atoms with Crippen molar-refractivity contribution in [1.82, 2.24) is 9.97 Å². The predicted octanol–water partition coefficient (Wildman–Crippen LogP) is 7.72. The van der Waals surface area contributed by atoms with Gasteiger partial charge >= 0.3 is 0 Å². The minimum Gasteiger partial charge on any atom is -0.261 e. The smallest absolute Gasteiger partial charge is 0.175 e. The molecular formula is C33H30N2O2S. The fourth-order valence-electron chi connectivity index (χ4n) is 4.57. The van der Waals surface area contributed by atoms with Crippen molar-refractivity contribution in [2.45, 2.75) is 31.6 Å². The molecule has 0 fully saturated rings. The van der Waals surface area contributed by atoms with Gasteiger partial charge in [-0.1, -0.05) is 56.3 Å². The van der Waals surface area contributed by atoms with Crippen molar-refractivity contribution < 1.29 is 8.42 Å². The van der Waals surface area contributed by atoms with E-state index in [0.717, 1.165) is 50.0 Å². The molecule has 0 unspecified atom stereocenters. The molecule has 0 amide bonds. The zero-order valence-corrected chi connectivity index (χ0v) is 22.8. The van der Waals surface area contributed by atoms with E-state index >= 15 is 0 Å². The number of pyridine rings is 2. The van der Waals surface area contributed by atoms with E-state index in [0.29, 0.717) is 10.8 Å². The zero-order valence-electron chi connectivity index (χ0n) is 22.0. The van der Waals surface area contributed by atoms with E-state index in [1.54, 1.807) is 12.1 Å². The Morgan fingerprint density at radius 1 is 0.842 bits per heavy atom. The van der Waals surface area contributed by atoms with Gasteiger partial charge in [-0.3, -0.25) is 9.97 Å². The number of aryl methyl sites for hydroxylation is 1. The molecule has 0 aliphatic heterocycles. The van der Waals surface area contributed by atoms with Crippen molar-refractivity contribution in [3.05, 3.63) is 125 Å². The van der Waals surface area contributed by atoms with Gasteiger partial charge < -0.3 is 0 Å². The maximum absolute atomic E-state index is 12.0. The SMILES string of the molecule is Cc1ccc(C(=Cc2cccc(-c3cc(C(C)C)cc4cccnc34)c2)c2ccc(S(C)(=O)=O)cc2)cn1. The third-order valence-corrected chi connectivity index (χ3v) is 7.85. The Bertz CT molecular complexity index is 1750. The molecule has 0 atom stereocenters. The summed E-state index contributed by atoms with van der Waals surface area (Å²) < 4.78 is 24.0. The van der Waals surface area contributed by atoms with Crippen LogP contribution in [0.5, 0.6) is 0 Å². The molecule has 3 aromatic carbocycles. The molecule has 0 bridgehead atoms. The van der Waals surface area contributed by atoms with E-state index in [4.69, 9.17) is 4.98 Å². The zero-order chi connectivity index (χ0) is 26.9. The van der Waals surface area contributed by atoms with Crippen LogP contribution in [-0.2, 0) is 9.84 Å². The molecular weight excluding hydrogens is 488 g/mol. The first kappa shape index (κ1) is 25.6. The van der Waals surface area contributed by atoms with Crippen LogP contribution in [0, 0.1) is 6.92 Å². The molecule has 0 saturated heterocycles. The highest BCUT2D eigenvalue weighted by molar-refractivity contribution is 7.90. The van der Waals surface area contributed by atoms with E-state index in [1.807, 2.05) is 49.6 Å². The summed E-state index contributed by atoms with van der Waals surface area (Å²) in [7, 11) is -3.28. The maximum Gasteiger partial charge on any atom is 0.175 e. The number of rotatable bonds is 6. The van der Waals surface area contributed by atoms with E-state index in [9.17, 15) is 8.42 Å². The van der Waals surface area contributed by atoms with Gasteiger partial charge in [-0.15, -0.1) is 0 Å². The lowest BCUT2D eigenvalue weighted by molar-refractivity contribution is 0.602. The topological polar surface area (TPSA) is 59.9 Å². The normalized spacial score (nSPS) is 12.3. The van der Waals surface area contributed by atoms with Gasteiger partial charge in [0.1, 0.15) is 0 Å². The summed E-state index contributed by atoms with van der Waals surface area (Å²) in [5.74, 6) is 0.400. The standard InChI is InChI=1S/C33H30N2O2S/c1-22(2)29-19-27-9-6-16-34-33(27)32(20-29)26-8-5-7-24(17-26)18-31(28-11-10-23(3)35-21-28)25-12-14-30(15-13-25)38(4,36)37/h5-22H,1-4H3. The molecule has 38 heavy (non-hydrogen) atoms. The quantitative estimate of drug-likeness (QED) is 0.216. The van der Waals surface area contributed by atoms with Crippen molar-refractivity contribution in [3.8, 4) is 11.1 Å². The Labute approximate surface area is 224 Å². The molecule has 0 N–H and O–H groups in total. The maximum atomic E-state index is 12.0. The summed E-state index contributed by atoms with van der Waals surface area (Å²) in [6, 6.07) is 28.1. The van der Waals surface area contributed by atoms with Crippen molar-refractivity contribution in [3.63, 3.8) is 0 Å². The van der Waals surface area contributed by atoms with E-state index < -0.39 is 9.84 Å². The lowest BCUT2D eigenvalue weighted by atomic mass is 9.92. The van der Waals surface area contributed by atoms with Gasteiger partial charge in [0.05, 0.1) is 10.4 Å². The Morgan fingerprint density at radius 3 is 2.29 bits per heavy atom. The van der Waals surface area contributed by atoms with Gasteiger partial charge in [0.25, 0.3) is 0 Å². The fourth-order valence-corrected chi connectivity index (χ4v) is 5.20. The largest absolute Gasteiger partial charge is 0.261 e. The average Bonchev–Trinajstić information content (AvgIpc) is 2.91. The minimum atomic E-state index is -3.28. The fraction of sp³-hybridized carbons (Fsp3) is 0.152. The highest BCUT2D eigenvalue weighted by Crippen LogP contribution is 2.33. The highest BCUT2D eigenvalue weighted by atomic mass is 32.2. The Kier molecular flexibility index (Phi) is 6.96. The third-order valence-electron chi connectivity index (χ3n) is 6.72. The van der Waals surface area contributed by atoms with Gasteiger partial charge in [0.2, 0.25) is 0 Å². The molecule has 0 saturated carbocycles. The molecule has 5 heteroatoms. The molecule has 190 valence electrons. The third kappa shape index (κ3) is 5.43. The van der Waals surface area contributed by atoms with Crippen LogP contribution in [0.15, 0.2) is 102 Å². The Morgan fingerprint density at radius 2 is 1.61 bits per heavy atom. The van der Waals surface area contributed by atoms with Crippen LogP contribution in [0.1, 0.15) is 47.7 Å². The summed E-state index contributed by atoms with van der Waals surface area (Å²) in [4.78, 5) is 9.51. The average molecular weight is 519 g/mol. The van der Waals surface area contributed by atoms with Crippen molar-refractivity contribution in [2.24, 2.45) is 0 Å². The molecule has 0 aliphatic carbocycles. The van der Waals surface area contributed by atoms with Gasteiger partial charge in [-0.25, -0.2) is 8.42 Å². The first-order valence-electron chi connectivity index (χ1n) is 12.6. The molecule has 2 heterocycles. The first-order valence-corrected chi connectivity index (χ1v) is 14.5. The lowest BCUT2D eigenvalue weighted by Crippen LogP contribution is -1.97. The lowest BCUT2D eigenvalue weighted by Gasteiger charge is -2.13.